The van der Waals surface area contributed by atoms with Crippen molar-refractivity contribution in [2.45, 2.75) is 46.1 Å². The van der Waals surface area contributed by atoms with E-state index in [1.54, 1.807) is 36.4 Å². The molecule has 0 spiro atoms. The van der Waals surface area contributed by atoms with Gasteiger partial charge in [-0.05, 0) is 63.2 Å². The van der Waals surface area contributed by atoms with Gasteiger partial charge in [0.2, 0.25) is 22.1 Å². The van der Waals surface area contributed by atoms with E-state index < -0.39 is 0 Å². The highest BCUT2D eigenvalue weighted by Gasteiger charge is 2.28. The SMILES string of the molecule is CCCCN1/C(=C\C2=C([O-])C(=c3ccc(=c4ccc(=c5c(=O)c(=Cc6ccc7ccccc7[n+]6CCCC)c5=O)cc4)cc3)C2=O)C=Cc2ccccc21. The molecule has 1 aromatic heterocycles. The van der Waals surface area contributed by atoms with Gasteiger partial charge >= 0.3 is 0 Å². The summed E-state index contributed by atoms with van der Waals surface area (Å²) in [7, 11) is 0. The second-order valence-electron chi connectivity index (χ2n) is 14.0. The van der Waals surface area contributed by atoms with Gasteiger partial charge < -0.3 is 10.0 Å². The lowest BCUT2D eigenvalue weighted by molar-refractivity contribution is -0.673. The molecular formula is C48H40N2O4. The summed E-state index contributed by atoms with van der Waals surface area (Å²) < 4.78 is 2.19. The highest BCUT2D eigenvalue weighted by atomic mass is 16.3. The Labute approximate surface area is 312 Å². The number of rotatable bonds is 8. The van der Waals surface area contributed by atoms with E-state index in [0.717, 1.165) is 82.8 Å². The minimum atomic E-state index is -0.246. The van der Waals surface area contributed by atoms with E-state index in [2.05, 4.69) is 47.6 Å². The van der Waals surface area contributed by atoms with Crippen molar-refractivity contribution in [3.8, 4) is 0 Å². The molecule has 0 radical (unpaired) electrons. The Morgan fingerprint density at radius 3 is 2.02 bits per heavy atom. The minimum Gasteiger partial charge on any atom is -0.871 e. The second kappa shape index (κ2) is 14.6. The van der Waals surface area contributed by atoms with Gasteiger partial charge in [0.25, 0.3) is 0 Å². The Morgan fingerprint density at radius 1 is 0.667 bits per heavy atom. The maximum atomic E-state index is 13.3. The number of hydrogen-bond acceptors (Lipinski definition) is 5. The van der Waals surface area contributed by atoms with E-state index >= 15 is 0 Å². The Hall–Kier alpha value is -6.40. The smallest absolute Gasteiger partial charge is 0.212 e. The lowest BCUT2D eigenvalue weighted by atomic mass is 9.85. The first-order chi connectivity index (χ1) is 26.4. The topological polar surface area (TPSA) is 81.4 Å². The summed E-state index contributed by atoms with van der Waals surface area (Å²) in [5.41, 5.74) is 4.85. The third-order valence-electron chi connectivity index (χ3n) is 10.6. The molecule has 6 heteroatoms. The lowest BCUT2D eigenvalue weighted by Crippen LogP contribution is -2.51. The van der Waals surface area contributed by atoms with Gasteiger partial charge in [0.1, 0.15) is 6.54 Å². The molecule has 5 aromatic carbocycles. The number of aromatic nitrogens is 1. The van der Waals surface area contributed by atoms with Gasteiger partial charge in [0.05, 0.1) is 10.4 Å². The van der Waals surface area contributed by atoms with Crippen LogP contribution in [0.2, 0.25) is 0 Å². The van der Waals surface area contributed by atoms with Gasteiger partial charge in [0.15, 0.2) is 5.78 Å². The van der Waals surface area contributed by atoms with Gasteiger partial charge in [-0.2, -0.15) is 4.57 Å². The van der Waals surface area contributed by atoms with Crippen molar-refractivity contribution in [3.05, 3.63) is 201 Å². The molecule has 0 amide bonds. The molecular weight excluding hydrogens is 669 g/mol. The van der Waals surface area contributed by atoms with Crippen LogP contribution in [0.3, 0.4) is 0 Å². The average Bonchev–Trinajstić information content (AvgIpc) is 3.21. The molecule has 2 aliphatic rings. The number of ketones is 1. The fourth-order valence-corrected chi connectivity index (χ4v) is 7.51. The second-order valence-corrected chi connectivity index (χ2v) is 14.0. The van der Waals surface area contributed by atoms with E-state index in [4.69, 9.17) is 0 Å². The van der Waals surface area contributed by atoms with Crippen LogP contribution < -0.4 is 35.9 Å². The van der Waals surface area contributed by atoms with Crippen molar-refractivity contribution in [2.24, 2.45) is 0 Å². The third-order valence-corrected chi connectivity index (χ3v) is 10.6. The molecule has 0 saturated carbocycles. The summed E-state index contributed by atoms with van der Waals surface area (Å²) in [5, 5.41) is 17.8. The van der Waals surface area contributed by atoms with Crippen LogP contribution in [-0.2, 0) is 11.3 Å². The summed E-state index contributed by atoms with van der Waals surface area (Å²) in [6, 6.07) is 35.0. The molecule has 0 fully saturated rings. The summed E-state index contributed by atoms with van der Waals surface area (Å²) >= 11 is 0. The molecule has 8 rings (SSSR count). The maximum absolute atomic E-state index is 13.3. The van der Waals surface area contributed by atoms with Crippen LogP contribution >= 0.6 is 0 Å². The number of anilines is 1. The summed E-state index contributed by atoms with van der Waals surface area (Å²) in [6.45, 7) is 5.89. The first-order valence-corrected chi connectivity index (χ1v) is 18.8. The van der Waals surface area contributed by atoms with Crippen LogP contribution in [0.25, 0.3) is 28.6 Å². The summed E-state index contributed by atoms with van der Waals surface area (Å²) in [6.07, 6.45) is 11.5. The van der Waals surface area contributed by atoms with Crippen LogP contribution in [0.15, 0.2) is 148 Å². The van der Waals surface area contributed by atoms with Gasteiger partial charge in [0, 0.05) is 59.1 Å². The number of pyridine rings is 1. The molecule has 266 valence electrons. The van der Waals surface area contributed by atoms with E-state index in [1.165, 1.54) is 0 Å². The van der Waals surface area contributed by atoms with Crippen molar-refractivity contribution >= 4 is 40.1 Å². The van der Waals surface area contributed by atoms with Crippen molar-refractivity contribution in [3.63, 3.8) is 0 Å². The normalized spacial score (nSPS) is 14.6. The fraction of sp³-hybridized carbons (Fsp3) is 0.167. The Morgan fingerprint density at radius 2 is 1.31 bits per heavy atom. The van der Waals surface area contributed by atoms with Crippen LogP contribution in [0.4, 0.5) is 5.69 Å². The number of para-hydroxylation sites is 2. The Kier molecular flexibility index (Phi) is 9.34. The molecule has 0 saturated heterocycles. The number of benzene rings is 4. The van der Waals surface area contributed by atoms with Crippen molar-refractivity contribution < 1.29 is 14.5 Å². The predicted octanol–water partition coefficient (Wildman–Crippen LogP) is 5.49. The van der Waals surface area contributed by atoms with Gasteiger partial charge in [-0.25, -0.2) is 0 Å². The number of fused-ring (bicyclic) bond motifs is 2. The molecule has 0 unspecified atom stereocenters. The zero-order valence-electron chi connectivity index (χ0n) is 30.5. The van der Waals surface area contributed by atoms with E-state index in [-0.39, 0.29) is 44.0 Å². The van der Waals surface area contributed by atoms with E-state index in [0.29, 0.717) is 10.4 Å². The number of nitrogens with zero attached hydrogens (tertiary/aromatic N) is 2. The molecule has 2 heterocycles. The first kappa shape index (κ1) is 34.7. The monoisotopic (exact) mass is 708 g/mol. The molecule has 0 atom stereocenters. The molecule has 0 bridgehead atoms. The molecule has 54 heavy (non-hydrogen) atoms. The van der Waals surface area contributed by atoms with Gasteiger partial charge in [-0.15, -0.1) is 0 Å². The average molecular weight is 709 g/mol. The number of Topliss-reactive ketones (excluding diaryl/α,β-unsaturated/α-hetero) is 1. The van der Waals surface area contributed by atoms with Crippen molar-refractivity contribution in [1.29, 1.82) is 0 Å². The van der Waals surface area contributed by atoms with Crippen LogP contribution in [-0.4, -0.2) is 12.3 Å². The van der Waals surface area contributed by atoms with E-state index in [1.807, 2.05) is 72.8 Å². The lowest BCUT2D eigenvalue weighted by Gasteiger charge is -2.33. The zero-order valence-corrected chi connectivity index (χ0v) is 30.5. The van der Waals surface area contributed by atoms with Gasteiger partial charge in [-0.1, -0.05) is 117 Å². The number of carbonyl (C=O) groups is 1. The first-order valence-electron chi connectivity index (χ1n) is 18.8. The summed E-state index contributed by atoms with van der Waals surface area (Å²) in [4.78, 5) is 42.2. The standard InChI is InChI=1S/C48H40N2O4/c1-3-5-27-49-37(25-23-33-11-7-9-13-41(33)49)29-39-45(51)43(46(39)52)35-19-15-31(16-20-35)32-17-21-36(22-18-32)44-47(53)40(48(44)54)30-38-26-24-34-12-8-10-14-42(34)50(38)28-6-4-2/h7-26,29-30H,3-6,27-28H2,1-2H3/b37-29-. The molecule has 0 N–H and O–H groups in total. The highest BCUT2D eigenvalue weighted by Crippen LogP contribution is 2.34. The zero-order chi connectivity index (χ0) is 37.3. The largest absolute Gasteiger partial charge is 0.871 e. The van der Waals surface area contributed by atoms with Crippen molar-refractivity contribution in [1.82, 2.24) is 0 Å². The Balaban J connectivity index is 1.11. The van der Waals surface area contributed by atoms with E-state index in [9.17, 15) is 19.5 Å². The van der Waals surface area contributed by atoms with Crippen LogP contribution in [0.1, 0.15) is 50.8 Å². The molecule has 1 aliphatic carbocycles. The number of unbranched alkanes of at least 4 members (excludes halogenated alkanes) is 2. The maximum Gasteiger partial charge on any atom is 0.212 e. The third kappa shape index (κ3) is 6.13. The fourth-order valence-electron chi connectivity index (χ4n) is 7.51. The quantitative estimate of drug-likeness (QED) is 0.196. The number of allylic oxidation sites excluding steroid dienone is 4. The van der Waals surface area contributed by atoms with Crippen LogP contribution in [0, 0.1) is 20.9 Å². The number of aryl methyl sites for hydroxylation is 1. The number of carbonyl (C=O) groups excluding carboxylic acids is 1. The summed E-state index contributed by atoms with van der Waals surface area (Å²) in [5.74, 6) is -0.493. The highest BCUT2D eigenvalue weighted by molar-refractivity contribution is 6.37. The molecule has 6 nitrogen and oxygen atoms in total. The van der Waals surface area contributed by atoms with Gasteiger partial charge in [-0.3, -0.25) is 14.4 Å². The molecule has 1 aliphatic heterocycles. The van der Waals surface area contributed by atoms with Crippen molar-refractivity contribution in [2.75, 3.05) is 11.4 Å². The Bertz CT molecular complexity index is 2920. The number of hydrogen-bond donors (Lipinski definition) is 0. The van der Waals surface area contributed by atoms with Crippen LogP contribution in [0.5, 0.6) is 0 Å². The molecule has 6 aromatic rings. The predicted molar refractivity (Wildman–Crippen MR) is 213 cm³/mol. The minimum absolute atomic E-state index is 0.200.